The molecule has 25 nitrogen and oxygen atoms in total. The lowest BCUT2D eigenvalue weighted by Gasteiger charge is -2.35. The first kappa shape index (κ1) is 137. The number of carbonyl (C=O) groups is 10. The SMILES string of the molecule is C.C.C.C.C.C.CC1CCC(CC(=O)N2C(=O)OC[C@@H]2Cc2ccccc2)CC1.CC1CCC(CC(=O)O)CC1.CC1CCC([C@H](N=[N+]=[N-])C(=O)N2C(=O)OC[C@@H]2Cc2ccccc2)CC1.CC1CCC([C@H](NC(=O)OC(C)(C)C)C(=O)N2C(=O)OC[C@@H]2Cc2ccccc2)CC1.CC1CCC([C@H](NC(=O)OC(C)(C)C)C(=O)O)CC1.S.S.S.S.S.S.S.S.S. The van der Waals surface area contributed by atoms with Gasteiger partial charge in [0.1, 0.15) is 49.1 Å². The lowest BCUT2D eigenvalue weighted by Crippen LogP contribution is -2.56. The summed E-state index contributed by atoms with van der Waals surface area (Å²) in [6, 6.07) is 25.9. The maximum absolute atomic E-state index is 13.6. The van der Waals surface area contributed by atoms with E-state index in [0.29, 0.717) is 68.3 Å². The minimum absolute atomic E-state index is 0. The molecule has 3 aromatic rings. The number of hydrogen-bond donors (Lipinski definition) is 4. The Morgan fingerprint density at radius 2 is 0.688 bits per heavy atom. The summed E-state index contributed by atoms with van der Waals surface area (Å²) in [7, 11) is 0. The van der Waals surface area contributed by atoms with Gasteiger partial charge in [-0.05, 0) is 206 Å². The van der Waals surface area contributed by atoms with E-state index in [1.165, 1.54) is 40.4 Å². The van der Waals surface area contributed by atoms with Crippen molar-refractivity contribution in [3.8, 4) is 0 Å². The fraction of sp³-hybridized carbons (Fsp3) is 0.692. The molecule has 5 saturated carbocycles. The summed E-state index contributed by atoms with van der Waals surface area (Å²) in [5.74, 6) is 1.77. The number of hydrogen-bond acceptors (Lipinski definition) is 16. The Hall–Kier alpha value is -5.58. The van der Waals surface area contributed by atoms with Gasteiger partial charge in [0.2, 0.25) is 11.8 Å². The van der Waals surface area contributed by atoms with Gasteiger partial charge in [0, 0.05) is 17.8 Å². The molecule has 11 rings (SSSR count). The van der Waals surface area contributed by atoms with Gasteiger partial charge in [-0.25, -0.2) is 43.5 Å². The fourth-order valence-corrected chi connectivity index (χ4v) is 16.2. The number of imide groups is 3. The molecular formula is C91H166N8O17S9. The number of rotatable bonds is 19. The number of ether oxygens (including phenoxy) is 5. The Balaban J connectivity index is -0.000000191. The van der Waals surface area contributed by atoms with E-state index < -0.39 is 89.6 Å². The third-order valence-electron chi connectivity index (χ3n) is 22.6. The van der Waals surface area contributed by atoms with Crippen molar-refractivity contribution in [2.24, 2.45) is 64.3 Å². The Morgan fingerprint density at radius 1 is 0.416 bits per heavy atom. The van der Waals surface area contributed by atoms with Crippen molar-refractivity contribution in [1.29, 1.82) is 0 Å². The molecule has 125 heavy (non-hydrogen) atoms. The number of nitrogens with zero attached hydrogens (tertiary/aromatic N) is 6. The zero-order chi connectivity index (χ0) is 80.2. The number of nitrogens with one attached hydrogen (secondary N) is 2. The van der Waals surface area contributed by atoms with Gasteiger partial charge < -0.3 is 44.5 Å². The van der Waals surface area contributed by atoms with Crippen molar-refractivity contribution in [1.82, 2.24) is 25.3 Å². The van der Waals surface area contributed by atoms with E-state index in [-0.39, 0.29) is 215 Å². The van der Waals surface area contributed by atoms with Gasteiger partial charge >= 0.3 is 42.4 Å². The average Bonchev–Trinajstić information content (AvgIpc) is 1.75. The number of benzene rings is 3. The van der Waals surface area contributed by atoms with Crippen LogP contribution in [0.3, 0.4) is 0 Å². The van der Waals surface area contributed by atoms with Gasteiger partial charge in [-0.3, -0.25) is 19.2 Å². The molecule has 3 aromatic carbocycles. The number of carbonyl (C=O) groups excluding carboxylic acids is 8. The Morgan fingerprint density at radius 3 is 0.992 bits per heavy atom. The predicted octanol–water partition coefficient (Wildman–Crippen LogP) is 22.1. The van der Waals surface area contributed by atoms with Crippen molar-refractivity contribution in [2.45, 2.75) is 329 Å². The summed E-state index contributed by atoms with van der Waals surface area (Å²) in [4.78, 5) is 129. The van der Waals surface area contributed by atoms with E-state index in [1.54, 1.807) is 41.5 Å². The molecule has 5 aliphatic carbocycles. The van der Waals surface area contributed by atoms with Crippen LogP contribution in [0.4, 0.5) is 24.0 Å². The first-order valence-electron chi connectivity index (χ1n) is 40.3. The molecule has 0 bridgehead atoms. The van der Waals surface area contributed by atoms with E-state index in [2.05, 4.69) is 55.3 Å². The molecule has 0 spiro atoms. The Bertz CT molecular complexity index is 3540. The van der Waals surface area contributed by atoms with Crippen LogP contribution in [0.2, 0.25) is 0 Å². The van der Waals surface area contributed by atoms with Gasteiger partial charge in [0.25, 0.3) is 5.91 Å². The Labute approximate surface area is 813 Å². The van der Waals surface area contributed by atoms with Crippen LogP contribution in [0.1, 0.15) is 279 Å². The highest BCUT2D eigenvalue weighted by atomic mass is 32.1. The van der Waals surface area contributed by atoms with Crippen molar-refractivity contribution in [3.63, 3.8) is 0 Å². The fourth-order valence-electron chi connectivity index (χ4n) is 16.2. The normalized spacial score (nSPS) is 23.5. The highest BCUT2D eigenvalue weighted by Gasteiger charge is 2.47. The van der Waals surface area contributed by atoms with E-state index in [9.17, 15) is 53.1 Å². The molecule has 4 N–H and O–H groups in total. The smallest absolute Gasteiger partial charge is 0.417 e. The van der Waals surface area contributed by atoms with Gasteiger partial charge in [0.05, 0.1) is 18.1 Å². The lowest BCUT2D eigenvalue weighted by atomic mass is 9.78. The maximum Gasteiger partial charge on any atom is 0.417 e. The molecule has 0 aromatic heterocycles. The third-order valence-corrected chi connectivity index (χ3v) is 22.6. The zero-order valence-electron chi connectivity index (χ0n) is 71.4. The summed E-state index contributed by atoms with van der Waals surface area (Å²) in [5, 5.41) is 26.9. The van der Waals surface area contributed by atoms with Crippen molar-refractivity contribution >= 4 is 182 Å². The molecule has 726 valence electrons. The predicted molar refractivity (Wildman–Crippen MR) is 550 cm³/mol. The summed E-state index contributed by atoms with van der Waals surface area (Å²) in [5.41, 5.74) is 10.8. The molecule has 0 unspecified atom stereocenters. The molecule has 8 fully saturated rings. The number of carboxylic acids is 2. The van der Waals surface area contributed by atoms with Crippen molar-refractivity contribution < 1.29 is 81.8 Å². The second-order valence-corrected chi connectivity index (χ2v) is 34.3. The third kappa shape index (κ3) is 47.2. The van der Waals surface area contributed by atoms with Crippen LogP contribution in [0.15, 0.2) is 96.1 Å². The maximum atomic E-state index is 13.6. The molecule has 0 radical (unpaired) electrons. The van der Waals surface area contributed by atoms with Gasteiger partial charge in [0.15, 0.2) is 0 Å². The lowest BCUT2D eigenvalue weighted by molar-refractivity contribution is -0.141. The van der Waals surface area contributed by atoms with Crippen LogP contribution in [-0.2, 0) is 66.9 Å². The average molecular weight is 1930 g/mol. The highest BCUT2D eigenvalue weighted by Crippen LogP contribution is 2.38. The van der Waals surface area contributed by atoms with Gasteiger partial charge in [-0.2, -0.15) is 121 Å². The summed E-state index contributed by atoms with van der Waals surface area (Å²) >= 11 is 0. The first-order chi connectivity index (χ1) is 52.2. The minimum Gasteiger partial charge on any atom is -0.481 e. The number of aliphatic carboxylic acids is 2. The first-order valence-corrected chi connectivity index (χ1v) is 40.3. The molecular weight excluding hydrogens is 1770 g/mol. The number of carboxylic acid groups (broad SMARTS) is 2. The molecule has 3 aliphatic heterocycles. The van der Waals surface area contributed by atoms with E-state index in [1.807, 2.05) is 91.0 Å². The van der Waals surface area contributed by atoms with Crippen LogP contribution in [-0.4, -0.2) is 152 Å². The topological polar surface area (TPSA) is 340 Å². The second-order valence-electron chi connectivity index (χ2n) is 34.3. The molecule has 34 heteroatoms. The zero-order valence-corrected chi connectivity index (χ0v) is 80.4. The Kier molecular flexibility index (Phi) is 75.2. The van der Waals surface area contributed by atoms with Crippen LogP contribution in [0, 0.1) is 59.2 Å². The number of amides is 8. The van der Waals surface area contributed by atoms with E-state index in [0.717, 1.165) is 131 Å². The van der Waals surface area contributed by atoms with Crippen molar-refractivity contribution in [3.05, 3.63) is 118 Å². The van der Waals surface area contributed by atoms with Crippen molar-refractivity contribution in [2.75, 3.05) is 19.8 Å². The standard InChI is InChI=1S/C24H34N2O5.C19H24N4O3.C19H25NO3.C14H25NO4.C9H16O2.6CH4.9H2S/c1-16-10-12-18(13-11-16)20(25-22(28)31-24(2,3)4)21(27)26-19(15-30-23(26)29)14-17-8-6-5-7-9-17;1-13-7-9-15(10-8-13)17(21-22-20)18(24)23-16(12-26-19(23)25)11-14-5-3-2-4-6-14;1-14-7-9-16(10-8-14)12-18(21)20-17(13-23-19(20)22)11-15-5-3-2-4-6-15;1-9-5-7-10(8-6-9)11(12(16)17)15-13(18)19-14(2,3)4;1-7-2-4-8(5-3-7)6-9(10)11;;;;;;;;;;;;;;;/h5-9,16,18-20H,10-15H2,1-4H3,(H,25,28);2-6,13,15-17H,7-12H2,1H3;2-6,14,16-17H,7-13H2,1H3;9-11H,5-8H2,1-4H3,(H,15,18)(H,16,17);7-8H,2-6H2,1H3,(H,10,11);6*1H4;9*1H2/t16?,18?,19-,20-;13?,15?,16-,17-;14?,16?,17-;9?,10?,11-;;;;;;;;;;;;;;;;/m0000................/s1. The van der Waals surface area contributed by atoms with E-state index >= 15 is 0 Å². The summed E-state index contributed by atoms with van der Waals surface area (Å²) in [6.07, 6.45) is 19.8. The number of alkyl carbamates (subject to hydrolysis) is 2. The van der Waals surface area contributed by atoms with Crippen LogP contribution < -0.4 is 10.6 Å². The quantitative estimate of drug-likeness (QED) is 0.0375. The molecule has 8 amide bonds. The highest BCUT2D eigenvalue weighted by molar-refractivity contribution is 7.60. The van der Waals surface area contributed by atoms with Crippen LogP contribution >= 0.6 is 121 Å². The molecule has 8 aliphatic rings. The van der Waals surface area contributed by atoms with Crippen LogP contribution in [0.25, 0.3) is 10.4 Å². The van der Waals surface area contributed by atoms with Crippen LogP contribution in [0.5, 0.6) is 0 Å². The monoisotopic (exact) mass is 1930 g/mol. The summed E-state index contributed by atoms with van der Waals surface area (Å²) < 4.78 is 26.0. The largest absolute Gasteiger partial charge is 0.481 e. The number of azide groups is 1. The van der Waals surface area contributed by atoms with E-state index in [4.69, 9.17) is 34.3 Å². The molecule has 6 atom stereocenters. The van der Waals surface area contributed by atoms with Gasteiger partial charge in [-0.15, -0.1) is 0 Å². The number of cyclic esters (lactones) is 3. The summed E-state index contributed by atoms with van der Waals surface area (Å²) in [6.45, 7) is 22.3. The molecule has 3 saturated heterocycles. The second kappa shape index (κ2) is 68.5. The molecule has 3 heterocycles. The minimum atomic E-state index is -0.981. The van der Waals surface area contributed by atoms with Gasteiger partial charge in [-0.1, -0.05) is 239 Å².